The zero-order valence-electron chi connectivity index (χ0n) is 11.3. The molecule has 0 amide bonds. The monoisotopic (exact) mass is 288 g/mol. The third-order valence-electron chi connectivity index (χ3n) is 3.47. The number of hydrogen-bond acceptors (Lipinski definition) is 5. The Morgan fingerprint density at radius 2 is 2.05 bits per heavy atom. The fourth-order valence-electron chi connectivity index (χ4n) is 2.30. The summed E-state index contributed by atoms with van der Waals surface area (Å²) in [5.41, 5.74) is 2.12. The van der Waals surface area contributed by atoms with Crippen LogP contribution < -0.4 is 0 Å². The number of thioether (sulfide) groups is 1. The molecule has 0 bridgehead atoms. The molecule has 0 unspecified atom stereocenters. The first-order valence-electron chi connectivity index (χ1n) is 6.79. The van der Waals surface area contributed by atoms with Crippen molar-refractivity contribution in [1.82, 2.24) is 20.2 Å². The van der Waals surface area contributed by atoms with Gasteiger partial charge in [-0.3, -0.25) is 4.79 Å². The second-order valence-electron chi connectivity index (χ2n) is 5.03. The van der Waals surface area contributed by atoms with Gasteiger partial charge >= 0.3 is 0 Å². The summed E-state index contributed by atoms with van der Waals surface area (Å²) in [5, 5.41) is 12.5. The van der Waals surface area contributed by atoms with E-state index in [4.69, 9.17) is 0 Å². The van der Waals surface area contributed by atoms with Crippen LogP contribution in [0.5, 0.6) is 0 Å². The Labute approximate surface area is 121 Å². The normalized spacial score (nSPS) is 19.2. The fraction of sp³-hybridized carbons (Fsp3) is 0.429. The highest BCUT2D eigenvalue weighted by Gasteiger charge is 2.25. The van der Waals surface area contributed by atoms with Crippen molar-refractivity contribution in [3.8, 4) is 5.69 Å². The molecule has 1 fully saturated rings. The fourth-order valence-corrected chi connectivity index (χ4v) is 3.42. The Morgan fingerprint density at radius 1 is 1.25 bits per heavy atom. The maximum atomic E-state index is 11.9. The van der Waals surface area contributed by atoms with E-state index in [1.807, 2.05) is 31.2 Å². The lowest BCUT2D eigenvalue weighted by molar-refractivity contribution is -0.119. The van der Waals surface area contributed by atoms with E-state index in [9.17, 15) is 4.79 Å². The number of carbonyl (C=O) groups excluding carboxylic acids is 1. The van der Waals surface area contributed by atoms with Gasteiger partial charge in [0.05, 0.1) is 10.9 Å². The highest BCUT2D eigenvalue weighted by atomic mass is 32.2. The van der Waals surface area contributed by atoms with Crippen molar-refractivity contribution in [3.63, 3.8) is 0 Å². The molecule has 1 saturated carbocycles. The molecular weight excluding hydrogens is 272 g/mol. The van der Waals surface area contributed by atoms with E-state index in [-0.39, 0.29) is 5.25 Å². The average Bonchev–Trinajstić information content (AvgIpc) is 2.90. The number of aryl methyl sites for hydroxylation is 1. The smallest absolute Gasteiger partial charge is 0.214 e. The van der Waals surface area contributed by atoms with Crippen LogP contribution in [0.15, 0.2) is 29.4 Å². The maximum Gasteiger partial charge on any atom is 0.214 e. The van der Waals surface area contributed by atoms with E-state index in [0.29, 0.717) is 17.4 Å². The molecule has 1 aromatic heterocycles. The third kappa shape index (κ3) is 2.75. The Morgan fingerprint density at radius 3 is 2.80 bits per heavy atom. The van der Waals surface area contributed by atoms with Gasteiger partial charge in [-0.2, -0.15) is 4.68 Å². The van der Waals surface area contributed by atoms with Crippen molar-refractivity contribution < 1.29 is 4.79 Å². The van der Waals surface area contributed by atoms with Crippen molar-refractivity contribution in [2.45, 2.75) is 43.0 Å². The number of aromatic nitrogens is 4. The summed E-state index contributed by atoms with van der Waals surface area (Å²) in [4.78, 5) is 11.9. The number of ketones is 1. The van der Waals surface area contributed by atoms with Crippen LogP contribution in [0.25, 0.3) is 5.69 Å². The van der Waals surface area contributed by atoms with E-state index in [1.54, 1.807) is 4.68 Å². The van der Waals surface area contributed by atoms with E-state index < -0.39 is 0 Å². The van der Waals surface area contributed by atoms with Gasteiger partial charge in [-0.1, -0.05) is 35.9 Å². The lowest BCUT2D eigenvalue weighted by Gasteiger charge is -2.18. The van der Waals surface area contributed by atoms with Crippen molar-refractivity contribution >= 4 is 17.5 Å². The Bertz CT molecular complexity index is 608. The van der Waals surface area contributed by atoms with Gasteiger partial charge in [-0.15, -0.1) is 5.10 Å². The number of hydrogen-bond donors (Lipinski definition) is 0. The van der Waals surface area contributed by atoms with Crippen LogP contribution in [-0.2, 0) is 4.79 Å². The molecule has 104 valence electrons. The predicted octanol–water partition coefficient (Wildman–Crippen LogP) is 2.57. The Kier molecular flexibility index (Phi) is 3.82. The van der Waals surface area contributed by atoms with Gasteiger partial charge < -0.3 is 0 Å². The minimum Gasteiger partial charge on any atom is -0.298 e. The molecule has 0 saturated heterocycles. The number of benzene rings is 1. The number of rotatable bonds is 3. The van der Waals surface area contributed by atoms with Crippen LogP contribution >= 0.6 is 11.8 Å². The largest absolute Gasteiger partial charge is 0.298 e. The SMILES string of the molecule is Cc1ccc(-n2nnnc2S[C@@H]2CCCCC2=O)cc1. The van der Waals surface area contributed by atoms with Crippen molar-refractivity contribution in [2.24, 2.45) is 0 Å². The summed E-state index contributed by atoms with van der Waals surface area (Å²) in [6.07, 6.45) is 3.72. The second-order valence-corrected chi connectivity index (χ2v) is 6.20. The highest BCUT2D eigenvalue weighted by molar-refractivity contribution is 8.00. The standard InChI is InChI=1S/C14H16N4OS/c1-10-6-8-11(9-7-10)18-14(15-16-17-18)20-13-5-3-2-4-12(13)19/h6-9,13H,2-5H2,1H3/t13-/m1/s1. The number of nitrogens with zero attached hydrogens (tertiary/aromatic N) is 4. The molecule has 5 nitrogen and oxygen atoms in total. The topological polar surface area (TPSA) is 60.7 Å². The predicted molar refractivity (Wildman–Crippen MR) is 77.0 cm³/mol. The van der Waals surface area contributed by atoms with E-state index in [1.165, 1.54) is 17.3 Å². The molecular formula is C14H16N4OS. The lowest BCUT2D eigenvalue weighted by atomic mass is 9.99. The van der Waals surface area contributed by atoms with E-state index in [0.717, 1.165) is 24.9 Å². The molecule has 3 rings (SSSR count). The number of Topliss-reactive ketones (excluding diaryl/α,β-unsaturated/α-hetero) is 1. The maximum absolute atomic E-state index is 11.9. The summed E-state index contributed by atoms with van der Waals surface area (Å²) < 4.78 is 1.70. The van der Waals surface area contributed by atoms with Crippen LogP contribution in [0.4, 0.5) is 0 Å². The van der Waals surface area contributed by atoms with Crippen molar-refractivity contribution in [1.29, 1.82) is 0 Å². The molecule has 1 atom stereocenters. The van der Waals surface area contributed by atoms with E-state index >= 15 is 0 Å². The van der Waals surface area contributed by atoms with Gasteiger partial charge in [0.2, 0.25) is 5.16 Å². The third-order valence-corrected chi connectivity index (χ3v) is 4.71. The highest BCUT2D eigenvalue weighted by Crippen LogP contribution is 2.31. The van der Waals surface area contributed by atoms with Gasteiger partial charge in [-0.05, 0) is 42.3 Å². The van der Waals surface area contributed by atoms with Gasteiger partial charge in [0.1, 0.15) is 5.78 Å². The molecule has 0 spiro atoms. The van der Waals surface area contributed by atoms with Crippen LogP contribution in [0.2, 0.25) is 0 Å². The summed E-state index contributed by atoms with van der Waals surface area (Å²) in [6.45, 7) is 2.04. The molecule has 20 heavy (non-hydrogen) atoms. The van der Waals surface area contributed by atoms with Gasteiger partial charge in [-0.25, -0.2) is 0 Å². The van der Waals surface area contributed by atoms with Gasteiger partial charge in [0.15, 0.2) is 0 Å². The molecule has 1 aromatic carbocycles. The molecule has 6 heteroatoms. The minimum atomic E-state index is -0.000974. The van der Waals surface area contributed by atoms with Gasteiger partial charge in [0.25, 0.3) is 0 Å². The molecule has 0 aliphatic heterocycles. The number of tetrazole rings is 1. The van der Waals surface area contributed by atoms with Crippen molar-refractivity contribution in [3.05, 3.63) is 29.8 Å². The van der Waals surface area contributed by atoms with Gasteiger partial charge in [0, 0.05) is 6.42 Å². The van der Waals surface area contributed by atoms with Crippen LogP contribution in [0, 0.1) is 6.92 Å². The first-order valence-corrected chi connectivity index (χ1v) is 7.67. The summed E-state index contributed by atoms with van der Waals surface area (Å²) in [6, 6.07) is 8.02. The second kappa shape index (κ2) is 5.75. The Balaban J connectivity index is 1.83. The van der Waals surface area contributed by atoms with Crippen LogP contribution in [-0.4, -0.2) is 31.2 Å². The molecule has 0 radical (unpaired) electrons. The molecule has 1 aliphatic carbocycles. The molecule has 1 aliphatic rings. The van der Waals surface area contributed by atoms with Crippen LogP contribution in [0.1, 0.15) is 31.2 Å². The summed E-state index contributed by atoms with van der Waals surface area (Å²) >= 11 is 1.48. The number of carbonyl (C=O) groups is 1. The molecule has 0 N–H and O–H groups in total. The average molecular weight is 288 g/mol. The Hall–Kier alpha value is -1.69. The molecule has 2 aromatic rings. The van der Waals surface area contributed by atoms with Crippen molar-refractivity contribution in [2.75, 3.05) is 0 Å². The lowest BCUT2D eigenvalue weighted by Crippen LogP contribution is -2.21. The minimum absolute atomic E-state index is 0.000974. The van der Waals surface area contributed by atoms with E-state index in [2.05, 4.69) is 15.5 Å². The molecule has 1 heterocycles. The zero-order chi connectivity index (χ0) is 13.9. The first-order chi connectivity index (χ1) is 9.74. The quantitative estimate of drug-likeness (QED) is 0.868. The van der Waals surface area contributed by atoms with Crippen LogP contribution in [0.3, 0.4) is 0 Å². The summed E-state index contributed by atoms with van der Waals surface area (Å²) in [7, 11) is 0. The first kappa shape index (κ1) is 13.3. The summed E-state index contributed by atoms with van der Waals surface area (Å²) in [5.74, 6) is 0.319. The zero-order valence-corrected chi connectivity index (χ0v) is 12.1.